The summed E-state index contributed by atoms with van der Waals surface area (Å²) in [6.07, 6.45) is 39.1. The van der Waals surface area contributed by atoms with Crippen LogP contribution >= 0.6 is 15.6 Å². The fourth-order valence-corrected chi connectivity index (χ4v) is 11.7. The lowest BCUT2D eigenvalue weighted by atomic mass is 10.00. The highest BCUT2D eigenvalue weighted by Crippen LogP contribution is 2.45. The zero-order valence-electron chi connectivity index (χ0n) is 56.6. The van der Waals surface area contributed by atoms with Gasteiger partial charge in [0, 0.05) is 25.7 Å². The third-order valence-electron chi connectivity index (χ3n) is 15.9. The summed E-state index contributed by atoms with van der Waals surface area (Å²) < 4.78 is 68.1. The van der Waals surface area contributed by atoms with Crippen LogP contribution in [-0.2, 0) is 65.4 Å². The summed E-state index contributed by atoms with van der Waals surface area (Å²) >= 11 is 0. The molecule has 0 aliphatic carbocycles. The van der Waals surface area contributed by atoms with Crippen molar-refractivity contribution in [2.45, 2.75) is 350 Å². The molecule has 0 bridgehead atoms. The average Bonchev–Trinajstić information content (AvgIpc) is 3.53. The first-order valence-corrected chi connectivity index (χ1v) is 38.2. The fourth-order valence-electron chi connectivity index (χ4n) is 10.1. The van der Waals surface area contributed by atoms with Crippen LogP contribution in [0, 0.1) is 23.7 Å². The Morgan fingerprint density at radius 1 is 0.322 bits per heavy atom. The van der Waals surface area contributed by atoms with Crippen LogP contribution in [0.15, 0.2) is 0 Å². The Bertz CT molecular complexity index is 1730. The minimum Gasteiger partial charge on any atom is -0.462 e. The van der Waals surface area contributed by atoms with E-state index in [2.05, 4.69) is 55.4 Å². The number of unbranched alkanes of at least 4 members (excludes halogenated alkanes) is 30. The second-order valence-corrected chi connectivity index (χ2v) is 29.1. The van der Waals surface area contributed by atoms with Crippen molar-refractivity contribution >= 4 is 39.5 Å². The van der Waals surface area contributed by atoms with Crippen LogP contribution in [0.4, 0.5) is 0 Å². The molecular formula is C68H132O17P2. The van der Waals surface area contributed by atoms with Crippen LogP contribution in [0.1, 0.15) is 331 Å². The van der Waals surface area contributed by atoms with Crippen LogP contribution in [0.25, 0.3) is 0 Å². The van der Waals surface area contributed by atoms with E-state index in [1.165, 1.54) is 122 Å². The van der Waals surface area contributed by atoms with Crippen molar-refractivity contribution in [3.05, 3.63) is 0 Å². The second-order valence-electron chi connectivity index (χ2n) is 26.2. The Labute approximate surface area is 530 Å². The molecule has 19 heteroatoms. The molecule has 0 rings (SSSR count). The molecule has 0 fully saturated rings. The van der Waals surface area contributed by atoms with Gasteiger partial charge < -0.3 is 33.8 Å². The lowest BCUT2D eigenvalue weighted by molar-refractivity contribution is -0.161. The molecule has 0 aromatic rings. The molecule has 0 aromatic heterocycles. The minimum absolute atomic E-state index is 0.104. The van der Waals surface area contributed by atoms with Gasteiger partial charge in [0.15, 0.2) is 12.2 Å². The lowest BCUT2D eigenvalue weighted by Crippen LogP contribution is -2.30. The molecule has 3 unspecified atom stereocenters. The van der Waals surface area contributed by atoms with Gasteiger partial charge in [0.05, 0.1) is 26.4 Å². The lowest BCUT2D eigenvalue weighted by Gasteiger charge is -2.21. The number of esters is 4. The van der Waals surface area contributed by atoms with E-state index in [0.717, 1.165) is 120 Å². The van der Waals surface area contributed by atoms with Crippen LogP contribution in [0.3, 0.4) is 0 Å². The standard InChI is InChI=1S/C68H132O17P2/c1-9-61(8)47-39-31-25-27-33-41-49-66(71)79-55-64(84-67(72)50-42-34-22-18-14-12-10-11-13-16-20-28-36-44-58(2)3)57-83-87(76,77)81-53-62(69)52-80-86(74,75)82-56-63(54-78-65(70)48-40-32-26-24-30-38-46-60(6)7)85-68(73)51-43-35-23-19-15-17-21-29-37-45-59(4)5/h58-64,69H,9-57H2,1-8H3,(H,74,75)(H,76,77)/t61?,62-,63+,64+/m0/s1. The first-order valence-electron chi connectivity index (χ1n) is 35.2. The summed E-state index contributed by atoms with van der Waals surface area (Å²) in [7, 11) is -9.90. The van der Waals surface area contributed by atoms with E-state index in [9.17, 15) is 43.2 Å². The van der Waals surface area contributed by atoms with Gasteiger partial charge in [0.2, 0.25) is 0 Å². The highest BCUT2D eigenvalue weighted by atomic mass is 31.2. The molecule has 0 heterocycles. The van der Waals surface area contributed by atoms with Gasteiger partial charge in [-0.1, -0.05) is 280 Å². The molecule has 0 aliphatic rings. The highest BCUT2D eigenvalue weighted by Gasteiger charge is 2.30. The minimum atomic E-state index is -4.95. The van der Waals surface area contributed by atoms with Crippen LogP contribution in [0.5, 0.6) is 0 Å². The third-order valence-corrected chi connectivity index (χ3v) is 17.8. The number of aliphatic hydroxyl groups excluding tert-OH is 1. The second kappa shape index (κ2) is 57.9. The van der Waals surface area contributed by atoms with Crippen molar-refractivity contribution in [2.75, 3.05) is 39.6 Å². The summed E-state index contributed by atoms with van der Waals surface area (Å²) in [6, 6.07) is 0. The molecule has 6 atom stereocenters. The number of carbonyl (C=O) groups excluding carboxylic acids is 4. The van der Waals surface area contributed by atoms with E-state index < -0.39 is 97.5 Å². The number of carbonyl (C=O) groups is 4. The molecule has 0 radical (unpaired) electrons. The van der Waals surface area contributed by atoms with Crippen LogP contribution < -0.4 is 0 Å². The molecular weight excluding hydrogens is 1150 g/mol. The Morgan fingerprint density at radius 2 is 0.552 bits per heavy atom. The van der Waals surface area contributed by atoms with Gasteiger partial charge >= 0.3 is 39.5 Å². The predicted octanol–water partition coefficient (Wildman–Crippen LogP) is 18.9. The summed E-state index contributed by atoms with van der Waals surface area (Å²) in [6.45, 7) is 14.0. The Kier molecular flexibility index (Phi) is 56.6. The molecule has 0 aliphatic heterocycles. The van der Waals surface area contributed by atoms with Crippen molar-refractivity contribution in [2.24, 2.45) is 23.7 Å². The number of phosphoric acid groups is 2. The molecule has 0 saturated carbocycles. The van der Waals surface area contributed by atoms with E-state index in [-0.39, 0.29) is 25.7 Å². The van der Waals surface area contributed by atoms with Gasteiger partial charge in [-0.2, -0.15) is 0 Å². The van der Waals surface area contributed by atoms with Crippen molar-refractivity contribution < 1.29 is 80.2 Å². The van der Waals surface area contributed by atoms with Crippen molar-refractivity contribution in [1.29, 1.82) is 0 Å². The Morgan fingerprint density at radius 3 is 0.816 bits per heavy atom. The number of aliphatic hydroxyl groups is 1. The van der Waals surface area contributed by atoms with Gasteiger partial charge in [-0.3, -0.25) is 37.3 Å². The maximum absolute atomic E-state index is 13.0. The summed E-state index contributed by atoms with van der Waals surface area (Å²) in [5, 5.41) is 10.6. The van der Waals surface area contributed by atoms with Crippen LogP contribution in [-0.4, -0.2) is 96.7 Å². The molecule has 17 nitrogen and oxygen atoms in total. The van der Waals surface area contributed by atoms with Gasteiger partial charge in [0.25, 0.3) is 0 Å². The summed E-state index contributed by atoms with van der Waals surface area (Å²) in [4.78, 5) is 72.4. The van der Waals surface area contributed by atoms with E-state index in [0.29, 0.717) is 31.6 Å². The number of hydrogen-bond donors (Lipinski definition) is 3. The van der Waals surface area contributed by atoms with E-state index >= 15 is 0 Å². The van der Waals surface area contributed by atoms with Crippen molar-refractivity contribution in [3.8, 4) is 0 Å². The van der Waals surface area contributed by atoms with Gasteiger partial charge in [-0.25, -0.2) is 9.13 Å². The molecule has 87 heavy (non-hydrogen) atoms. The monoisotopic (exact) mass is 1280 g/mol. The topological polar surface area (TPSA) is 237 Å². The molecule has 0 saturated heterocycles. The SMILES string of the molecule is CCC(C)CCCCCCCCC(=O)OC[C@H](COP(=O)(O)OC[C@@H](O)COP(=O)(O)OC[C@@H](COC(=O)CCCCCCCCC(C)C)OC(=O)CCCCCCCCCCCC(C)C)OC(=O)CCCCCCCCCCCCCCCC(C)C. The largest absolute Gasteiger partial charge is 0.472 e. The van der Waals surface area contributed by atoms with Crippen LogP contribution in [0.2, 0.25) is 0 Å². The van der Waals surface area contributed by atoms with E-state index in [1.807, 2.05) is 0 Å². The predicted molar refractivity (Wildman–Crippen MR) is 349 cm³/mol. The number of rotatable bonds is 65. The normalized spacial score (nSPS) is 14.6. The molecule has 0 amide bonds. The fraction of sp³-hybridized carbons (Fsp3) is 0.941. The van der Waals surface area contributed by atoms with Gasteiger partial charge in [0.1, 0.15) is 19.3 Å². The highest BCUT2D eigenvalue weighted by molar-refractivity contribution is 7.47. The zero-order chi connectivity index (χ0) is 64.7. The maximum Gasteiger partial charge on any atom is 0.472 e. The van der Waals surface area contributed by atoms with E-state index in [4.69, 9.17) is 37.0 Å². The number of hydrogen-bond acceptors (Lipinski definition) is 15. The van der Waals surface area contributed by atoms with Crippen molar-refractivity contribution in [1.82, 2.24) is 0 Å². The third kappa shape index (κ3) is 61.3. The Balaban J connectivity index is 5.24. The molecule has 0 spiro atoms. The first-order chi connectivity index (χ1) is 41.6. The summed E-state index contributed by atoms with van der Waals surface area (Å²) in [5.41, 5.74) is 0. The molecule has 0 aromatic carbocycles. The molecule has 3 N–H and O–H groups in total. The van der Waals surface area contributed by atoms with Gasteiger partial charge in [-0.15, -0.1) is 0 Å². The first kappa shape index (κ1) is 85.1. The van der Waals surface area contributed by atoms with E-state index in [1.54, 1.807) is 0 Å². The maximum atomic E-state index is 13.0. The summed E-state index contributed by atoms with van der Waals surface area (Å²) in [5.74, 6) is 0.798. The smallest absolute Gasteiger partial charge is 0.462 e. The zero-order valence-corrected chi connectivity index (χ0v) is 58.4. The number of ether oxygens (including phenoxy) is 4. The number of phosphoric ester groups is 2. The van der Waals surface area contributed by atoms with Crippen molar-refractivity contribution in [3.63, 3.8) is 0 Å². The van der Waals surface area contributed by atoms with Gasteiger partial charge in [-0.05, 0) is 49.4 Å². The Hall–Kier alpha value is -1.94. The quantitative estimate of drug-likeness (QED) is 0.0222. The molecule has 516 valence electrons. The average molecular weight is 1280 g/mol.